The van der Waals surface area contributed by atoms with Crippen LogP contribution in [0.4, 0.5) is 0 Å². The van der Waals surface area contributed by atoms with Crippen molar-refractivity contribution >= 4 is 34.1 Å². The molecule has 1 atom stereocenters. The third kappa shape index (κ3) is 5.16. The van der Waals surface area contributed by atoms with Gasteiger partial charge in [-0.05, 0) is 75.1 Å². The number of hydrogen-bond acceptors (Lipinski definition) is 2. The van der Waals surface area contributed by atoms with E-state index in [9.17, 15) is 4.79 Å². The second-order valence-corrected chi connectivity index (χ2v) is 7.90. The summed E-state index contributed by atoms with van der Waals surface area (Å²) in [5.74, 6) is 0.533. The lowest BCUT2D eigenvalue weighted by molar-refractivity contribution is 0.0888. The molecule has 0 saturated heterocycles. The third-order valence-corrected chi connectivity index (χ3v) is 5.34. The number of Topliss-reactive ketones (excluding diaryl/α,β-unsaturated/α-hetero) is 1. The van der Waals surface area contributed by atoms with Gasteiger partial charge in [0, 0.05) is 16.0 Å². The maximum absolute atomic E-state index is 12.7. The summed E-state index contributed by atoms with van der Waals surface area (Å²) in [6.45, 7) is 0.980. The number of benzene rings is 2. The highest BCUT2D eigenvalue weighted by atomic mass is 79.9. The van der Waals surface area contributed by atoms with Crippen molar-refractivity contribution in [2.24, 2.45) is 5.92 Å². The quantitative estimate of drug-likeness (QED) is 0.663. The third-order valence-electron chi connectivity index (χ3n) is 4.81. The number of hydrogen-bond donors (Lipinski definition) is 0. The summed E-state index contributed by atoms with van der Waals surface area (Å²) in [5.41, 5.74) is 4.76. The summed E-state index contributed by atoms with van der Waals surface area (Å²) in [7, 11) is 4.13. The van der Waals surface area contributed by atoms with E-state index in [0.717, 1.165) is 42.3 Å². The normalized spacial score (nSPS) is 16.5. The Kier molecular flexibility index (Phi) is 7.24. The summed E-state index contributed by atoms with van der Waals surface area (Å²) >= 11 is 3.47. The summed E-state index contributed by atoms with van der Waals surface area (Å²) in [4.78, 5) is 14.9. The number of rotatable bonds is 5. The predicted octanol–water partition coefficient (Wildman–Crippen LogP) is 5.16. The molecule has 0 amide bonds. The van der Waals surface area contributed by atoms with E-state index in [4.69, 9.17) is 0 Å². The van der Waals surface area contributed by atoms with E-state index in [1.54, 1.807) is 0 Å². The Labute approximate surface area is 165 Å². The number of ketones is 1. The van der Waals surface area contributed by atoms with Crippen LogP contribution in [0.25, 0.3) is 0 Å². The van der Waals surface area contributed by atoms with Crippen LogP contribution in [0.5, 0.6) is 0 Å². The molecule has 0 heterocycles. The highest BCUT2D eigenvalue weighted by Gasteiger charge is 2.27. The Morgan fingerprint density at radius 2 is 1.76 bits per heavy atom. The van der Waals surface area contributed by atoms with Crippen molar-refractivity contribution < 1.29 is 4.79 Å². The minimum atomic E-state index is 0. The second-order valence-electron chi connectivity index (χ2n) is 6.99. The van der Waals surface area contributed by atoms with E-state index < -0.39 is 0 Å². The van der Waals surface area contributed by atoms with Gasteiger partial charge in [0.2, 0.25) is 0 Å². The zero-order valence-electron chi connectivity index (χ0n) is 14.8. The van der Waals surface area contributed by atoms with Crippen molar-refractivity contribution in [3.63, 3.8) is 0 Å². The van der Waals surface area contributed by atoms with Gasteiger partial charge in [-0.1, -0.05) is 46.3 Å². The SMILES string of the molecule is CN(C)CCC1CCc2cc(Cc3ccc(Br)cc3)ccc2C1=O.Cl. The van der Waals surface area contributed by atoms with E-state index in [1.807, 2.05) is 6.07 Å². The van der Waals surface area contributed by atoms with Crippen LogP contribution < -0.4 is 0 Å². The summed E-state index contributed by atoms with van der Waals surface area (Å²) in [6, 6.07) is 14.8. The van der Waals surface area contributed by atoms with Crippen molar-refractivity contribution in [2.45, 2.75) is 25.7 Å². The molecule has 0 saturated carbocycles. The first kappa shape index (κ1) is 20.2. The van der Waals surface area contributed by atoms with Gasteiger partial charge in [0.05, 0.1) is 0 Å². The molecule has 3 rings (SSSR count). The molecular weight excluding hydrogens is 398 g/mol. The summed E-state index contributed by atoms with van der Waals surface area (Å²) in [5, 5.41) is 0. The highest BCUT2D eigenvalue weighted by Crippen LogP contribution is 2.29. The monoisotopic (exact) mass is 421 g/mol. The van der Waals surface area contributed by atoms with E-state index in [-0.39, 0.29) is 18.3 Å². The Morgan fingerprint density at radius 3 is 2.44 bits per heavy atom. The lowest BCUT2D eigenvalue weighted by atomic mass is 9.80. The number of carbonyl (C=O) groups is 1. The van der Waals surface area contributed by atoms with E-state index in [1.165, 1.54) is 16.7 Å². The molecule has 1 aliphatic rings. The molecule has 25 heavy (non-hydrogen) atoms. The van der Waals surface area contributed by atoms with Crippen molar-refractivity contribution in [1.82, 2.24) is 4.90 Å². The van der Waals surface area contributed by atoms with Crippen LogP contribution in [0.15, 0.2) is 46.9 Å². The average molecular weight is 423 g/mol. The van der Waals surface area contributed by atoms with Crippen LogP contribution in [0.1, 0.15) is 39.9 Å². The fourth-order valence-corrected chi connectivity index (χ4v) is 3.68. The van der Waals surface area contributed by atoms with E-state index in [0.29, 0.717) is 5.78 Å². The van der Waals surface area contributed by atoms with Crippen LogP contribution in [0, 0.1) is 5.92 Å². The molecule has 1 unspecified atom stereocenters. The molecule has 0 N–H and O–H groups in total. The lowest BCUT2D eigenvalue weighted by Gasteiger charge is -2.25. The summed E-state index contributed by atoms with van der Waals surface area (Å²) in [6.07, 6.45) is 3.89. The largest absolute Gasteiger partial charge is 0.309 e. The predicted molar refractivity (Wildman–Crippen MR) is 110 cm³/mol. The number of carbonyl (C=O) groups excluding carboxylic acids is 1. The van der Waals surface area contributed by atoms with Crippen LogP contribution in [-0.4, -0.2) is 31.3 Å². The fraction of sp³-hybridized carbons (Fsp3) is 0.381. The van der Waals surface area contributed by atoms with Crippen LogP contribution >= 0.6 is 28.3 Å². The van der Waals surface area contributed by atoms with E-state index >= 15 is 0 Å². The summed E-state index contributed by atoms with van der Waals surface area (Å²) < 4.78 is 1.10. The molecule has 134 valence electrons. The Bertz CT molecular complexity index is 727. The van der Waals surface area contributed by atoms with Crippen LogP contribution in [-0.2, 0) is 12.8 Å². The number of nitrogens with zero attached hydrogens (tertiary/aromatic N) is 1. The molecule has 4 heteroatoms. The molecule has 1 aliphatic carbocycles. The Morgan fingerprint density at radius 1 is 1.08 bits per heavy atom. The van der Waals surface area contributed by atoms with Crippen LogP contribution in [0.2, 0.25) is 0 Å². The van der Waals surface area contributed by atoms with Gasteiger partial charge in [-0.25, -0.2) is 0 Å². The molecule has 0 aliphatic heterocycles. The lowest BCUT2D eigenvalue weighted by Crippen LogP contribution is -2.26. The molecule has 0 spiro atoms. The topological polar surface area (TPSA) is 20.3 Å². The van der Waals surface area contributed by atoms with Gasteiger partial charge < -0.3 is 4.90 Å². The molecule has 0 radical (unpaired) electrons. The van der Waals surface area contributed by atoms with Crippen molar-refractivity contribution in [1.29, 1.82) is 0 Å². The highest BCUT2D eigenvalue weighted by molar-refractivity contribution is 9.10. The van der Waals surface area contributed by atoms with Crippen LogP contribution in [0.3, 0.4) is 0 Å². The standard InChI is InChI=1S/C21H24BrNO.ClH/c1-23(2)12-11-17-6-7-18-14-16(5-10-20(18)21(17)24)13-15-3-8-19(22)9-4-15;/h3-5,8-10,14,17H,6-7,11-13H2,1-2H3;1H. The first-order valence-corrected chi connectivity index (χ1v) is 9.37. The number of halogens is 2. The zero-order valence-corrected chi connectivity index (χ0v) is 17.2. The minimum Gasteiger partial charge on any atom is -0.309 e. The maximum atomic E-state index is 12.7. The average Bonchev–Trinajstić information content (AvgIpc) is 2.56. The van der Waals surface area contributed by atoms with Gasteiger partial charge in [0.25, 0.3) is 0 Å². The van der Waals surface area contributed by atoms with Gasteiger partial charge in [-0.3, -0.25) is 4.79 Å². The van der Waals surface area contributed by atoms with Gasteiger partial charge >= 0.3 is 0 Å². The van der Waals surface area contributed by atoms with Crippen molar-refractivity contribution in [2.75, 3.05) is 20.6 Å². The number of fused-ring (bicyclic) bond motifs is 1. The van der Waals surface area contributed by atoms with Gasteiger partial charge in [-0.2, -0.15) is 0 Å². The Balaban J connectivity index is 0.00000225. The molecule has 2 nitrogen and oxygen atoms in total. The number of aryl methyl sites for hydroxylation is 1. The molecular formula is C21H25BrClNO. The zero-order chi connectivity index (χ0) is 17.1. The van der Waals surface area contributed by atoms with Crippen molar-refractivity contribution in [3.8, 4) is 0 Å². The molecule has 0 aromatic heterocycles. The molecule has 0 bridgehead atoms. The molecule has 2 aromatic carbocycles. The Hall–Kier alpha value is -1.16. The minimum absolute atomic E-state index is 0. The van der Waals surface area contributed by atoms with Crippen molar-refractivity contribution in [3.05, 3.63) is 69.2 Å². The van der Waals surface area contributed by atoms with Gasteiger partial charge in [-0.15, -0.1) is 12.4 Å². The first-order valence-electron chi connectivity index (χ1n) is 8.58. The fourth-order valence-electron chi connectivity index (χ4n) is 3.41. The second kappa shape index (κ2) is 8.98. The molecule has 2 aromatic rings. The first-order chi connectivity index (χ1) is 11.5. The smallest absolute Gasteiger partial charge is 0.166 e. The van der Waals surface area contributed by atoms with Gasteiger partial charge in [0.1, 0.15) is 0 Å². The van der Waals surface area contributed by atoms with Gasteiger partial charge in [0.15, 0.2) is 5.78 Å². The molecule has 0 fully saturated rings. The maximum Gasteiger partial charge on any atom is 0.166 e. The van der Waals surface area contributed by atoms with E-state index in [2.05, 4.69) is 71.3 Å².